The minimum absolute atomic E-state index is 0. The molecule has 0 fully saturated rings. The molecule has 0 bridgehead atoms. The molecule has 0 spiro atoms. The zero-order chi connectivity index (χ0) is 2.00. The van der Waals surface area contributed by atoms with Crippen molar-refractivity contribution in [2.24, 2.45) is 0 Å². The predicted molar refractivity (Wildman–Crippen MR) is 10.6 cm³/mol. The first kappa shape index (κ1) is 22.3. The van der Waals surface area contributed by atoms with Gasteiger partial charge in [-0.15, -0.1) is 3.98 Å². The van der Waals surface area contributed by atoms with Crippen LogP contribution in [0.25, 0.3) is 0 Å². The van der Waals surface area contributed by atoms with Gasteiger partial charge in [0.2, 0.25) is 0 Å². The molecule has 0 amide bonds. The van der Waals surface area contributed by atoms with Crippen LogP contribution < -0.4 is 0 Å². The standard InChI is InChI=1S/ClF.Mn.H2O/c1-2;;/h;;1H2. The summed E-state index contributed by atoms with van der Waals surface area (Å²) in [6, 6.07) is 0. The molecule has 0 aromatic carbocycles. The van der Waals surface area contributed by atoms with Gasteiger partial charge in [0, 0.05) is 17.1 Å². The molecule has 0 saturated heterocycles. The minimum Gasteiger partial charge on any atom is -0.412 e. The van der Waals surface area contributed by atoms with Crippen molar-refractivity contribution in [3.8, 4) is 0 Å². The third-order valence-corrected chi connectivity index (χ3v) is 0. The van der Waals surface area contributed by atoms with Crippen LogP contribution in [0.3, 0.4) is 0 Å². The molecule has 1 radical (unpaired) electrons. The van der Waals surface area contributed by atoms with Crippen molar-refractivity contribution in [3.05, 3.63) is 0 Å². The number of rotatable bonds is 0. The quantitative estimate of drug-likeness (QED) is 0.419. The van der Waals surface area contributed by atoms with E-state index in [9.17, 15) is 0 Å². The Labute approximate surface area is 39.2 Å². The summed E-state index contributed by atoms with van der Waals surface area (Å²) in [6.07, 6.45) is 0. The Morgan fingerprint density at radius 1 is 1.25 bits per heavy atom. The second-order valence-electron chi connectivity index (χ2n) is 0. The van der Waals surface area contributed by atoms with Gasteiger partial charge in [0.25, 0.3) is 0 Å². The summed E-state index contributed by atoms with van der Waals surface area (Å²) in [5.74, 6) is 0. The maximum atomic E-state index is 8.97. The minimum atomic E-state index is 0. The molecule has 0 heterocycles. The van der Waals surface area contributed by atoms with Crippen LogP contribution in [0.2, 0.25) is 0 Å². The average Bonchev–Trinajstić information content (AvgIpc) is 1.00. The van der Waals surface area contributed by atoms with E-state index in [2.05, 4.69) is 12.0 Å². The predicted octanol–water partition coefficient (Wildman–Crippen LogP) is 0.283. The number of halogens is 2. The molecule has 0 aliphatic heterocycles. The normalized spacial score (nSPS) is 1.50. The molecule has 1 nitrogen and oxygen atoms in total. The van der Waals surface area contributed by atoms with E-state index < -0.39 is 0 Å². The molecule has 0 aromatic rings. The van der Waals surface area contributed by atoms with E-state index in [0.717, 1.165) is 0 Å². The molecule has 0 aromatic heterocycles. The maximum absolute atomic E-state index is 8.97. The van der Waals surface area contributed by atoms with Crippen LogP contribution in [0, 0.1) is 0 Å². The van der Waals surface area contributed by atoms with Gasteiger partial charge in [0.05, 0.1) is 0 Å². The van der Waals surface area contributed by atoms with E-state index in [1.807, 2.05) is 0 Å². The smallest absolute Gasteiger partial charge is 0.116 e. The first-order valence-corrected chi connectivity index (χ1v) is 0.429. The van der Waals surface area contributed by atoms with Gasteiger partial charge >= 0.3 is 0 Å². The number of hydrogen-bond acceptors (Lipinski definition) is 0. The largest absolute Gasteiger partial charge is 0.412 e. The molecule has 0 unspecified atom stereocenters. The van der Waals surface area contributed by atoms with Crippen LogP contribution in [-0.4, -0.2) is 5.48 Å². The van der Waals surface area contributed by atoms with Crippen LogP contribution in [0.1, 0.15) is 0 Å². The molecule has 4 heteroatoms. The average molecular weight is 127 g/mol. The van der Waals surface area contributed by atoms with Crippen molar-refractivity contribution >= 4 is 12.0 Å². The first-order valence-electron chi connectivity index (χ1n) is 0.143. The maximum Gasteiger partial charge on any atom is 0.116 e. The summed E-state index contributed by atoms with van der Waals surface area (Å²) in [6.45, 7) is 0. The summed E-state index contributed by atoms with van der Waals surface area (Å²) in [5.41, 5.74) is 0. The molecule has 0 aliphatic rings. The van der Waals surface area contributed by atoms with Gasteiger partial charge in [-0.05, 0) is 0 Å². The molecular formula is H2ClFMnO. The van der Waals surface area contributed by atoms with Crippen LogP contribution in [0.4, 0.5) is 3.98 Å². The van der Waals surface area contributed by atoms with Crippen LogP contribution in [-0.2, 0) is 17.1 Å². The van der Waals surface area contributed by atoms with Gasteiger partial charge in [0.15, 0.2) is 0 Å². The summed E-state index contributed by atoms with van der Waals surface area (Å²) >= 11 is 3.14. The molecule has 2 N–H and O–H groups in total. The zero-order valence-corrected chi connectivity index (χ0v) is 3.57. The third kappa shape index (κ3) is 15.9. The van der Waals surface area contributed by atoms with Gasteiger partial charge in [-0.1, -0.05) is 0 Å². The molecule has 4 heavy (non-hydrogen) atoms. The third-order valence-electron chi connectivity index (χ3n) is 0. The fourth-order valence-corrected chi connectivity index (χ4v) is 0. The molecule has 0 saturated carbocycles. The molecule has 0 atom stereocenters. The Kier molecular flexibility index (Phi) is 307. The SMILES string of the molecule is FCl.O.[Mn]. The van der Waals surface area contributed by atoms with Gasteiger partial charge in [-0.25, -0.2) is 0 Å². The van der Waals surface area contributed by atoms with Crippen LogP contribution >= 0.6 is 12.0 Å². The van der Waals surface area contributed by atoms with Crippen molar-refractivity contribution in [1.29, 1.82) is 0 Å². The number of hydrogen-bond donors (Lipinski definition) is 0. The summed E-state index contributed by atoms with van der Waals surface area (Å²) < 4.78 is 8.97. The van der Waals surface area contributed by atoms with Crippen molar-refractivity contribution in [2.75, 3.05) is 0 Å². The van der Waals surface area contributed by atoms with Gasteiger partial charge in [-0.2, -0.15) is 0 Å². The van der Waals surface area contributed by atoms with Gasteiger partial charge < -0.3 is 5.48 Å². The summed E-state index contributed by atoms with van der Waals surface area (Å²) in [4.78, 5) is 0. The van der Waals surface area contributed by atoms with E-state index in [1.54, 1.807) is 0 Å². The molecular weight excluding hydrogens is 125 g/mol. The second-order valence-corrected chi connectivity index (χ2v) is 0. The van der Waals surface area contributed by atoms with E-state index in [1.165, 1.54) is 0 Å². The van der Waals surface area contributed by atoms with Crippen LogP contribution in [0.15, 0.2) is 0 Å². The van der Waals surface area contributed by atoms with Crippen LogP contribution in [0.5, 0.6) is 0 Å². The monoisotopic (exact) mass is 127 g/mol. The molecule has 0 rings (SSSR count). The van der Waals surface area contributed by atoms with E-state index >= 15 is 0 Å². The van der Waals surface area contributed by atoms with E-state index in [0.29, 0.717) is 0 Å². The Bertz CT molecular complexity index is 8.00. The Hall–Kier alpha value is 0.699. The van der Waals surface area contributed by atoms with Gasteiger partial charge in [-0.3, -0.25) is 0 Å². The van der Waals surface area contributed by atoms with Crippen molar-refractivity contribution in [3.63, 3.8) is 0 Å². The fraction of sp³-hybridized carbons (Fsp3) is 0. The summed E-state index contributed by atoms with van der Waals surface area (Å²) in [5, 5.41) is 0. The molecule has 29 valence electrons. The summed E-state index contributed by atoms with van der Waals surface area (Å²) in [7, 11) is 0. The zero-order valence-electron chi connectivity index (χ0n) is 1.63. The van der Waals surface area contributed by atoms with Gasteiger partial charge in [0.1, 0.15) is 12.0 Å². The Balaban J connectivity index is -0.00000000500. The van der Waals surface area contributed by atoms with Crippen molar-refractivity contribution < 1.29 is 26.5 Å². The Morgan fingerprint density at radius 2 is 1.25 bits per heavy atom. The molecule has 0 aliphatic carbocycles. The van der Waals surface area contributed by atoms with E-state index in [4.69, 9.17) is 3.98 Å². The van der Waals surface area contributed by atoms with Crippen molar-refractivity contribution in [1.82, 2.24) is 0 Å². The topological polar surface area (TPSA) is 31.5 Å². The second kappa shape index (κ2) is 55.1. The van der Waals surface area contributed by atoms with E-state index in [-0.39, 0.29) is 22.5 Å². The fourth-order valence-electron chi connectivity index (χ4n) is 0. The van der Waals surface area contributed by atoms with Crippen molar-refractivity contribution in [2.45, 2.75) is 0 Å². The Morgan fingerprint density at radius 3 is 1.25 bits per heavy atom. The first-order chi connectivity index (χ1) is 1.00.